The second-order valence-corrected chi connectivity index (χ2v) is 6.57. The predicted octanol–water partition coefficient (Wildman–Crippen LogP) is 1.90. The van der Waals surface area contributed by atoms with E-state index in [1.165, 1.54) is 6.08 Å². The number of nitrogens with zero attached hydrogens (tertiary/aromatic N) is 1. The molecule has 0 aromatic heterocycles. The third-order valence-electron chi connectivity index (χ3n) is 4.65. The highest BCUT2D eigenvalue weighted by Gasteiger charge is 2.40. The Morgan fingerprint density at radius 3 is 2.33 bits per heavy atom. The van der Waals surface area contributed by atoms with Crippen molar-refractivity contribution in [2.24, 2.45) is 0 Å². The quantitative estimate of drug-likeness (QED) is 0.873. The van der Waals surface area contributed by atoms with Crippen LogP contribution in [0, 0.1) is 0 Å². The first-order valence-corrected chi connectivity index (χ1v) is 7.96. The van der Waals surface area contributed by atoms with Gasteiger partial charge in [-0.3, -0.25) is 14.4 Å². The molecule has 1 heterocycles. The molecule has 0 spiro atoms. The van der Waals surface area contributed by atoms with Gasteiger partial charge in [0.15, 0.2) is 5.75 Å². The number of hydrogen-bond acceptors (Lipinski definition) is 5. The number of allylic oxidation sites excluding steroid dienone is 1. The molecule has 124 valence electrons. The summed E-state index contributed by atoms with van der Waals surface area (Å²) in [7, 11) is 0. The Morgan fingerprint density at radius 2 is 1.75 bits per heavy atom. The van der Waals surface area contributed by atoms with Gasteiger partial charge in [-0.05, 0) is 24.1 Å². The van der Waals surface area contributed by atoms with Gasteiger partial charge in [-0.1, -0.05) is 39.0 Å². The van der Waals surface area contributed by atoms with Crippen molar-refractivity contribution in [2.45, 2.75) is 32.6 Å². The Hall–Kier alpha value is -2.69. The second kappa shape index (κ2) is 5.44. The molecule has 0 radical (unpaired) electrons. The molecule has 0 amide bonds. The highest BCUT2D eigenvalue weighted by Crippen LogP contribution is 2.48. The topological polar surface area (TPSA) is 74.7 Å². The third-order valence-corrected chi connectivity index (χ3v) is 4.65. The van der Waals surface area contributed by atoms with E-state index >= 15 is 0 Å². The molecular weight excluding hydrogens is 306 g/mol. The number of rotatable bonds is 3. The summed E-state index contributed by atoms with van der Waals surface area (Å²) in [6.07, 6.45) is 2.38. The summed E-state index contributed by atoms with van der Waals surface area (Å²) in [5.74, 6) is -0.749. The normalized spacial score (nSPS) is 17.5. The van der Waals surface area contributed by atoms with Crippen molar-refractivity contribution >= 4 is 11.8 Å². The second-order valence-electron chi connectivity index (χ2n) is 6.57. The largest absolute Gasteiger partial charge is 0.504 e. The van der Waals surface area contributed by atoms with Crippen molar-refractivity contribution in [2.75, 3.05) is 11.4 Å². The van der Waals surface area contributed by atoms with E-state index in [9.17, 15) is 19.5 Å². The van der Waals surface area contributed by atoms with Crippen LogP contribution in [0.3, 0.4) is 0 Å². The van der Waals surface area contributed by atoms with Gasteiger partial charge in [0.05, 0.1) is 5.56 Å². The monoisotopic (exact) mass is 325 g/mol. The van der Waals surface area contributed by atoms with Crippen LogP contribution < -0.4 is 21.2 Å². The lowest BCUT2D eigenvalue weighted by atomic mass is 9.83. The van der Waals surface area contributed by atoms with Crippen LogP contribution >= 0.6 is 0 Å². The zero-order chi connectivity index (χ0) is 17.6. The van der Waals surface area contributed by atoms with E-state index in [4.69, 9.17) is 0 Å². The maximum Gasteiger partial charge on any atom is 0.277 e. The number of hydrogen-bond donors (Lipinski definition) is 1. The van der Waals surface area contributed by atoms with Crippen molar-refractivity contribution in [1.29, 1.82) is 0 Å². The standard InChI is InChI=1S/C19H19NO4/c1-4-9-20-13-8-6-5-7-12(13)19(2,3)14(20)10-11-15(21)17(23)18(24)16(11)22/h5-8,10,21H,4,9H2,1-3H3/b14-10-. The summed E-state index contributed by atoms with van der Waals surface area (Å²) >= 11 is 0. The highest BCUT2D eigenvalue weighted by atomic mass is 16.3. The molecule has 5 heteroatoms. The van der Waals surface area contributed by atoms with Crippen LogP contribution in [-0.4, -0.2) is 11.7 Å². The summed E-state index contributed by atoms with van der Waals surface area (Å²) in [6, 6.07) is 7.94. The molecule has 1 N–H and O–H groups in total. The van der Waals surface area contributed by atoms with Crippen molar-refractivity contribution in [3.8, 4) is 5.75 Å². The number of anilines is 1. The molecule has 1 aliphatic heterocycles. The van der Waals surface area contributed by atoms with Crippen molar-refractivity contribution in [3.05, 3.63) is 71.8 Å². The molecule has 0 fully saturated rings. The number of benzene rings is 1. The molecule has 5 nitrogen and oxygen atoms in total. The predicted molar refractivity (Wildman–Crippen MR) is 94.4 cm³/mol. The highest BCUT2D eigenvalue weighted by molar-refractivity contribution is 5.77. The molecule has 0 saturated heterocycles. The van der Waals surface area contributed by atoms with E-state index in [1.54, 1.807) is 0 Å². The van der Waals surface area contributed by atoms with Gasteiger partial charge >= 0.3 is 0 Å². The third kappa shape index (κ3) is 2.12. The number of para-hydroxylation sites is 1. The van der Waals surface area contributed by atoms with Crippen LogP contribution in [0.25, 0.3) is 6.08 Å². The molecule has 0 bridgehead atoms. The summed E-state index contributed by atoms with van der Waals surface area (Å²) in [4.78, 5) is 37.2. The fraction of sp³-hybridized carbons (Fsp3) is 0.316. The van der Waals surface area contributed by atoms with Gasteiger partial charge in [0.2, 0.25) is 5.43 Å². The molecule has 24 heavy (non-hydrogen) atoms. The fourth-order valence-corrected chi connectivity index (χ4v) is 3.40. The molecule has 0 atom stereocenters. The Balaban J connectivity index is 2.27. The van der Waals surface area contributed by atoms with E-state index in [0.29, 0.717) is 0 Å². The first kappa shape index (κ1) is 16.2. The maximum atomic E-state index is 12.0. The van der Waals surface area contributed by atoms with Gasteiger partial charge in [-0.15, -0.1) is 0 Å². The Morgan fingerprint density at radius 1 is 1.08 bits per heavy atom. The Labute approximate surface area is 139 Å². The van der Waals surface area contributed by atoms with Crippen molar-refractivity contribution in [3.63, 3.8) is 0 Å². The van der Waals surface area contributed by atoms with Gasteiger partial charge in [0, 0.05) is 23.3 Å². The minimum Gasteiger partial charge on any atom is -0.504 e. The molecule has 2 aromatic rings. The summed E-state index contributed by atoms with van der Waals surface area (Å²) in [5, 5.41) is 9.89. The zero-order valence-electron chi connectivity index (χ0n) is 13.9. The maximum absolute atomic E-state index is 12.0. The van der Waals surface area contributed by atoms with E-state index in [1.807, 2.05) is 38.1 Å². The van der Waals surface area contributed by atoms with Gasteiger partial charge in [0.25, 0.3) is 10.9 Å². The minimum absolute atomic E-state index is 0.206. The minimum atomic E-state index is -1.17. The number of aromatic hydroxyl groups is 1. The lowest BCUT2D eigenvalue weighted by molar-refractivity contribution is 0.470. The fourth-order valence-electron chi connectivity index (χ4n) is 3.40. The van der Waals surface area contributed by atoms with E-state index in [2.05, 4.69) is 11.8 Å². The summed E-state index contributed by atoms with van der Waals surface area (Å²) in [6.45, 7) is 6.83. The first-order chi connectivity index (χ1) is 11.3. The van der Waals surface area contributed by atoms with Crippen LogP contribution in [0.5, 0.6) is 5.75 Å². The molecule has 0 aliphatic carbocycles. The van der Waals surface area contributed by atoms with Crippen molar-refractivity contribution < 1.29 is 5.11 Å². The first-order valence-electron chi connectivity index (χ1n) is 7.96. The summed E-state index contributed by atoms with van der Waals surface area (Å²) < 4.78 is 0. The molecule has 0 saturated carbocycles. The van der Waals surface area contributed by atoms with Crippen molar-refractivity contribution in [1.82, 2.24) is 0 Å². The van der Waals surface area contributed by atoms with Crippen LogP contribution in [0.1, 0.15) is 38.3 Å². The van der Waals surface area contributed by atoms with Crippen LogP contribution in [0.2, 0.25) is 0 Å². The molecule has 1 aliphatic rings. The molecule has 3 rings (SSSR count). The Bertz CT molecular complexity index is 978. The lowest BCUT2D eigenvalue weighted by Crippen LogP contribution is -2.30. The van der Waals surface area contributed by atoms with Crippen LogP contribution in [0.15, 0.2) is 44.3 Å². The van der Waals surface area contributed by atoms with Gasteiger partial charge < -0.3 is 10.0 Å². The zero-order valence-corrected chi connectivity index (χ0v) is 13.9. The average Bonchev–Trinajstić information content (AvgIpc) is 2.88. The van der Waals surface area contributed by atoms with Gasteiger partial charge in [-0.2, -0.15) is 0 Å². The Kier molecular flexibility index (Phi) is 3.67. The molecular formula is C19H19NO4. The summed E-state index contributed by atoms with van der Waals surface area (Å²) in [5.41, 5.74) is -0.907. The number of fused-ring (bicyclic) bond motifs is 1. The smallest absolute Gasteiger partial charge is 0.277 e. The molecule has 0 unspecified atom stereocenters. The van der Waals surface area contributed by atoms with E-state index in [-0.39, 0.29) is 5.56 Å². The molecule has 2 aromatic carbocycles. The lowest BCUT2D eigenvalue weighted by Gasteiger charge is -2.26. The van der Waals surface area contributed by atoms with E-state index in [0.717, 1.165) is 29.9 Å². The van der Waals surface area contributed by atoms with E-state index < -0.39 is 27.5 Å². The average molecular weight is 325 g/mol. The van der Waals surface area contributed by atoms with Gasteiger partial charge in [-0.25, -0.2) is 0 Å². The SMILES string of the molecule is CCCN1/C(=C\c2c(O)c(=O)c(=O)c2=O)C(C)(C)c2ccccc21. The van der Waals surface area contributed by atoms with Crippen LogP contribution in [0.4, 0.5) is 5.69 Å². The van der Waals surface area contributed by atoms with Gasteiger partial charge in [0.1, 0.15) is 0 Å². The van der Waals surface area contributed by atoms with Crippen LogP contribution in [-0.2, 0) is 5.41 Å².